The van der Waals surface area contributed by atoms with E-state index < -0.39 is 9.84 Å². The van der Waals surface area contributed by atoms with Crippen LogP contribution in [0.25, 0.3) is 0 Å². The minimum absolute atomic E-state index is 0.0807. The fraction of sp³-hybridized carbons (Fsp3) is 0.700. The largest absolute Gasteiger partial charge is 0.382 e. The number of nitrogens with one attached hydrogen (secondary N) is 1. The second-order valence-electron chi connectivity index (χ2n) is 4.60. The van der Waals surface area contributed by atoms with Crippen LogP contribution in [-0.2, 0) is 9.84 Å². The Labute approximate surface area is 107 Å². The summed E-state index contributed by atoms with van der Waals surface area (Å²) >= 11 is 1.09. The Morgan fingerprint density at radius 1 is 1.41 bits per heavy atom. The number of anilines is 2. The number of sulfone groups is 1. The molecule has 17 heavy (non-hydrogen) atoms. The maximum Gasteiger partial charge on any atom is 0.182 e. The normalized spacial score (nSPS) is 13.9. The zero-order valence-corrected chi connectivity index (χ0v) is 12.2. The van der Waals surface area contributed by atoms with Gasteiger partial charge in [0.15, 0.2) is 15.7 Å². The third-order valence-corrected chi connectivity index (χ3v) is 4.87. The van der Waals surface area contributed by atoms with Crippen LogP contribution in [0.3, 0.4) is 0 Å². The smallest absolute Gasteiger partial charge is 0.182 e. The van der Waals surface area contributed by atoms with Crippen molar-refractivity contribution in [3.05, 3.63) is 0 Å². The number of hydrogen-bond donors (Lipinski definition) is 2. The van der Waals surface area contributed by atoms with Crippen LogP contribution < -0.4 is 11.1 Å². The van der Waals surface area contributed by atoms with Crippen molar-refractivity contribution in [2.24, 2.45) is 11.8 Å². The predicted molar refractivity (Wildman–Crippen MR) is 72.1 cm³/mol. The van der Waals surface area contributed by atoms with Crippen molar-refractivity contribution in [1.82, 2.24) is 4.37 Å². The molecule has 1 heterocycles. The molecule has 0 saturated heterocycles. The van der Waals surface area contributed by atoms with Crippen molar-refractivity contribution in [2.75, 3.05) is 23.9 Å². The van der Waals surface area contributed by atoms with Crippen molar-refractivity contribution in [3.8, 4) is 0 Å². The third kappa shape index (κ3) is 3.57. The highest BCUT2D eigenvalue weighted by Gasteiger charge is 2.21. The topological polar surface area (TPSA) is 85.1 Å². The van der Waals surface area contributed by atoms with Gasteiger partial charge in [-0.25, -0.2) is 8.42 Å². The summed E-state index contributed by atoms with van der Waals surface area (Å²) < 4.78 is 27.0. The average Bonchev–Trinajstić information content (AvgIpc) is 2.55. The number of nitrogens with two attached hydrogens (primary N) is 1. The molecule has 0 bridgehead atoms. The van der Waals surface area contributed by atoms with Gasteiger partial charge in [-0.05, 0) is 23.4 Å². The second-order valence-corrected chi connectivity index (χ2v) is 7.33. The maximum absolute atomic E-state index is 11.6. The van der Waals surface area contributed by atoms with E-state index in [0.29, 0.717) is 23.4 Å². The summed E-state index contributed by atoms with van der Waals surface area (Å²) in [7, 11) is -3.33. The summed E-state index contributed by atoms with van der Waals surface area (Å²) in [4.78, 5) is 0.124. The van der Waals surface area contributed by atoms with Gasteiger partial charge in [-0.1, -0.05) is 20.8 Å². The SMILES string of the molecule is CC(C)C(C)CNc1snc(N)c1S(C)(=O)=O. The molecule has 0 aliphatic carbocycles. The van der Waals surface area contributed by atoms with Crippen molar-refractivity contribution in [3.63, 3.8) is 0 Å². The summed E-state index contributed by atoms with van der Waals surface area (Å²) in [5.74, 6) is 1.07. The summed E-state index contributed by atoms with van der Waals surface area (Å²) in [6.45, 7) is 7.08. The van der Waals surface area contributed by atoms with Gasteiger partial charge in [0.25, 0.3) is 0 Å². The Balaban J connectivity index is 2.87. The van der Waals surface area contributed by atoms with E-state index in [1.807, 2.05) is 0 Å². The molecule has 0 spiro atoms. The van der Waals surface area contributed by atoms with Crippen LogP contribution in [0, 0.1) is 11.8 Å². The molecule has 0 fully saturated rings. The zero-order valence-electron chi connectivity index (χ0n) is 10.5. The van der Waals surface area contributed by atoms with E-state index in [2.05, 4.69) is 30.5 Å². The van der Waals surface area contributed by atoms with E-state index in [1.54, 1.807) is 0 Å². The van der Waals surface area contributed by atoms with Crippen LogP contribution in [0.1, 0.15) is 20.8 Å². The van der Waals surface area contributed by atoms with Crippen molar-refractivity contribution in [2.45, 2.75) is 25.7 Å². The first-order valence-corrected chi connectivity index (χ1v) is 8.09. The molecule has 3 N–H and O–H groups in total. The number of aromatic nitrogens is 1. The van der Waals surface area contributed by atoms with Crippen molar-refractivity contribution in [1.29, 1.82) is 0 Å². The molecule has 1 rings (SSSR count). The van der Waals surface area contributed by atoms with Crippen LogP contribution >= 0.6 is 11.5 Å². The zero-order chi connectivity index (χ0) is 13.2. The Morgan fingerprint density at radius 2 is 2.00 bits per heavy atom. The maximum atomic E-state index is 11.6. The highest BCUT2D eigenvalue weighted by molar-refractivity contribution is 7.91. The van der Waals surface area contributed by atoms with Crippen molar-refractivity contribution < 1.29 is 8.42 Å². The summed E-state index contributed by atoms with van der Waals surface area (Å²) in [5, 5.41) is 3.66. The quantitative estimate of drug-likeness (QED) is 0.857. The lowest BCUT2D eigenvalue weighted by molar-refractivity contribution is 0.440. The molecule has 1 unspecified atom stereocenters. The van der Waals surface area contributed by atoms with Gasteiger partial charge in [0.1, 0.15) is 9.90 Å². The molecule has 7 heteroatoms. The van der Waals surface area contributed by atoms with Gasteiger partial charge >= 0.3 is 0 Å². The average molecular weight is 277 g/mol. The van der Waals surface area contributed by atoms with E-state index in [4.69, 9.17) is 5.73 Å². The van der Waals surface area contributed by atoms with Gasteiger partial charge in [0.05, 0.1) is 0 Å². The van der Waals surface area contributed by atoms with Crippen LogP contribution in [0.4, 0.5) is 10.8 Å². The number of nitrogen functional groups attached to an aromatic ring is 1. The lowest BCUT2D eigenvalue weighted by atomic mass is 9.98. The first kappa shape index (κ1) is 14.2. The number of hydrogen-bond acceptors (Lipinski definition) is 6. The molecular formula is C10H19N3O2S2. The third-order valence-electron chi connectivity index (χ3n) is 2.77. The molecule has 0 aliphatic rings. The molecule has 98 valence electrons. The second kappa shape index (κ2) is 5.22. The monoisotopic (exact) mass is 277 g/mol. The Hall–Kier alpha value is -0.820. The van der Waals surface area contributed by atoms with Crippen molar-refractivity contribution >= 4 is 32.2 Å². The lowest BCUT2D eigenvalue weighted by Crippen LogP contribution is -2.16. The van der Waals surface area contributed by atoms with Crippen LogP contribution in [0.2, 0.25) is 0 Å². The highest BCUT2D eigenvalue weighted by atomic mass is 32.2. The molecular weight excluding hydrogens is 258 g/mol. The van der Waals surface area contributed by atoms with Crippen LogP contribution in [-0.4, -0.2) is 25.6 Å². The molecule has 1 aromatic heterocycles. The molecule has 0 aromatic carbocycles. The number of rotatable bonds is 5. The van der Waals surface area contributed by atoms with Crippen LogP contribution in [0.5, 0.6) is 0 Å². The first-order valence-electron chi connectivity index (χ1n) is 5.42. The minimum Gasteiger partial charge on any atom is -0.382 e. The van der Waals surface area contributed by atoms with E-state index in [0.717, 1.165) is 17.8 Å². The van der Waals surface area contributed by atoms with Gasteiger partial charge in [0, 0.05) is 12.8 Å². The Kier molecular flexibility index (Phi) is 4.37. The fourth-order valence-corrected chi connectivity index (χ4v) is 3.33. The van der Waals surface area contributed by atoms with E-state index in [9.17, 15) is 8.42 Å². The molecule has 1 aromatic rings. The summed E-state index contributed by atoms with van der Waals surface area (Å²) in [6, 6.07) is 0. The standard InChI is InChI=1S/C10H19N3O2S2/c1-6(2)7(3)5-12-10-8(17(4,14)15)9(11)13-16-10/h6-7,12H,5H2,1-4H3,(H2,11,13). The highest BCUT2D eigenvalue weighted by Crippen LogP contribution is 2.31. The van der Waals surface area contributed by atoms with Gasteiger partial charge in [-0.2, -0.15) is 4.37 Å². The summed E-state index contributed by atoms with van der Waals surface area (Å²) in [5.41, 5.74) is 5.57. The van der Waals surface area contributed by atoms with Gasteiger partial charge in [-0.15, -0.1) is 0 Å². The van der Waals surface area contributed by atoms with E-state index in [1.165, 1.54) is 0 Å². The van der Waals surface area contributed by atoms with Gasteiger partial charge < -0.3 is 11.1 Å². The lowest BCUT2D eigenvalue weighted by Gasteiger charge is -2.16. The van der Waals surface area contributed by atoms with Gasteiger partial charge in [0.2, 0.25) is 0 Å². The van der Waals surface area contributed by atoms with E-state index >= 15 is 0 Å². The first-order chi connectivity index (χ1) is 7.73. The fourth-order valence-electron chi connectivity index (χ4n) is 1.25. The van der Waals surface area contributed by atoms with Crippen LogP contribution in [0.15, 0.2) is 4.90 Å². The Bertz CT molecular complexity index is 480. The molecule has 5 nitrogen and oxygen atoms in total. The molecule has 0 saturated carbocycles. The number of nitrogens with zero attached hydrogens (tertiary/aromatic N) is 1. The predicted octanol–water partition coefficient (Wildman–Crippen LogP) is 1.83. The molecule has 0 aliphatic heterocycles. The van der Waals surface area contributed by atoms with Gasteiger partial charge in [-0.3, -0.25) is 0 Å². The minimum atomic E-state index is -3.33. The molecule has 1 atom stereocenters. The Morgan fingerprint density at radius 3 is 2.47 bits per heavy atom. The molecule has 0 amide bonds. The van der Waals surface area contributed by atoms with E-state index in [-0.39, 0.29) is 10.7 Å². The summed E-state index contributed by atoms with van der Waals surface area (Å²) in [6.07, 6.45) is 1.14. The molecule has 0 radical (unpaired) electrons.